The minimum Gasteiger partial charge on any atom is -0.368 e. The summed E-state index contributed by atoms with van der Waals surface area (Å²) < 4.78 is 199. The SMILES string of the molecule is C[C@@H](O[C@H]1CN2C(=O)[C@@](C)(N)C[C@H]2[C@@H]1c1ccc(F)cc1)c1cc(C(F)(F)F)cc(C(F)(F)F)c1.C[C@@H](O[C@H]1CN2C(=O)[C@](C)(N)CC2[C@@H]1c1ccc(F)cc1)c1cc(C(F)(F)F)cc(C(F)(F)F)c1. The molecule has 4 aromatic carbocycles. The normalized spacial score (nSPS) is 27.9. The van der Waals surface area contributed by atoms with Gasteiger partial charge in [-0.2, -0.15) is 52.7 Å². The minimum absolute atomic E-state index is 0.0494. The van der Waals surface area contributed by atoms with E-state index in [1.54, 1.807) is 13.8 Å². The molecule has 4 heterocycles. The van der Waals surface area contributed by atoms with Crippen LogP contribution in [0.5, 0.6) is 0 Å². The monoisotopic (exact) mass is 1010 g/mol. The molecule has 1 unspecified atom stereocenters. The molecule has 0 bridgehead atoms. The summed E-state index contributed by atoms with van der Waals surface area (Å²) in [6, 6.07) is 12.8. The van der Waals surface area contributed by atoms with Crippen molar-refractivity contribution in [2.24, 2.45) is 11.5 Å². The molecule has 0 aliphatic carbocycles. The molecule has 10 atom stereocenters. The van der Waals surface area contributed by atoms with Gasteiger partial charge in [-0.15, -0.1) is 0 Å². The van der Waals surface area contributed by atoms with Crippen molar-refractivity contribution in [1.29, 1.82) is 0 Å². The number of ether oxygens (including phenoxy) is 2. The first kappa shape index (κ1) is 52.5. The maximum atomic E-state index is 13.5. The van der Waals surface area contributed by atoms with Crippen LogP contribution in [0.25, 0.3) is 0 Å². The molecule has 4 fully saturated rings. The number of carbonyl (C=O) groups is 2. The average Bonchev–Trinajstić information content (AvgIpc) is 3.91. The van der Waals surface area contributed by atoms with Crippen LogP contribution >= 0.6 is 0 Å². The van der Waals surface area contributed by atoms with E-state index in [2.05, 4.69) is 0 Å². The maximum Gasteiger partial charge on any atom is 0.416 e. The highest BCUT2D eigenvalue weighted by atomic mass is 19.4. The molecule has 8 nitrogen and oxygen atoms in total. The number of carbonyl (C=O) groups excluding carboxylic acids is 2. The van der Waals surface area contributed by atoms with Gasteiger partial charge in [0.15, 0.2) is 0 Å². The molecule has 4 aliphatic rings. The predicted molar refractivity (Wildman–Crippen MR) is 223 cm³/mol. The Hall–Kier alpha value is -5.32. The Morgan fingerprint density at radius 2 is 0.786 bits per heavy atom. The van der Waals surface area contributed by atoms with Crippen molar-refractivity contribution >= 4 is 11.8 Å². The van der Waals surface area contributed by atoms with Crippen molar-refractivity contribution in [2.45, 2.75) is 125 Å². The Labute approximate surface area is 391 Å². The third-order valence-electron chi connectivity index (χ3n) is 13.4. The molecule has 4 aliphatic heterocycles. The Morgan fingerprint density at radius 3 is 1.04 bits per heavy atom. The van der Waals surface area contributed by atoms with E-state index >= 15 is 0 Å². The Balaban J connectivity index is 0.000000206. The number of rotatable bonds is 8. The average molecular weight is 1010 g/mol. The molecule has 8 rings (SSSR count). The molecule has 0 saturated carbocycles. The molecule has 380 valence electrons. The van der Waals surface area contributed by atoms with Crippen molar-refractivity contribution in [3.05, 3.63) is 141 Å². The fraction of sp³-hybridized carbons (Fsp3) is 0.458. The third-order valence-corrected chi connectivity index (χ3v) is 13.4. The van der Waals surface area contributed by atoms with Crippen LogP contribution in [0.15, 0.2) is 84.9 Å². The fourth-order valence-electron chi connectivity index (χ4n) is 10.0. The van der Waals surface area contributed by atoms with Crippen LogP contribution < -0.4 is 11.5 Å². The van der Waals surface area contributed by atoms with E-state index in [1.807, 2.05) is 0 Å². The number of hydrogen-bond donors (Lipinski definition) is 2. The molecule has 4 aromatic rings. The molecule has 22 heteroatoms. The highest BCUT2D eigenvalue weighted by molar-refractivity contribution is 5.89. The number of amides is 2. The van der Waals surface area contributed by atoms with Crippen LogP contribution in [0.3, 0.4) is 0 Å². The summed E-state index contributed by atoms with van der Waals surface area (Å²) in [5.74, 6) is -2.62. The van der Waals surface area contributed by atoms with Crippen molar-refractivity contribution in [2.75, 3.05) is 13.1 Å². The van der Waals surface area contributed by atoms with E-state index in [9.17, 15) is 71.1 Å². The van der Waals surface area contributed by atoms with E-state index in [1.165, 1.54) is 72.2 Å². The van der Waals surface area contributed by atoms with Gasteiger partial charge < -0.3 is 30.7 Å². The first-order valence-corrected chi connectivity index (χ1v) is 21.8. The number of hydrogen-bond acceptors (Lipinski definition) is 6. The number of alkyl halides is 12. The van der Waals surface area contributed by atoms with Crippen LogP contribution in [-0.2, 0) is 43.8 Å². The zero-order chi connectivity index (χ0) is 51.8. The Morgan fingerprint density at radius 1 is 0.514 bits per heavy atom. The van der Waals surface area contributed by atoms with Gasteiger partial charge in [0.2, 0.25) is 11.8 Å². The Kier molecular flexibility index (Phi) is 13.8. The standard InChI is InChI=1S/2C24H23F7N2O2/c2*1-12(14-7-15(23(26,27)28)9-16(8-14)24(29,30)31)35-19-11-33-18(10-22(2,32)21(33)34)20(19)13-3-5-17(25)6-4-13/h2*3-9,12,18-20H,10-11,32H2,1-2H3/t12-,18?,19+,20+,22-;12-,18+,19+,20+,22+/m11/s1. The van der Waals surface area contributed by atoms with Gasteiger partial charge in [0.05, 0.1) is 57.7 Å². The summed E-state index contributed by atoms with van der Waals surface area (Å²) in [6.45, 7) is 6.00. The number of halogens is 14. The summed E-state index contributed by atoms with van der Waals surface area (Å²) in [5.41, 5.74) is 4.91. The van der Waals surface area contributed by atoms with Crippen molar-refractivity contribution in [1.82, 2.24) is 9.80 Å². The number of nitrogens with two attached hydrogens (primary N) is 2. The highest BCUT2D eigenvalue weighted by Gasteiger charge is 2.57. The number of fused-ring (bicyclic) bond motifs is 2. The van der Waals surface area contributed by atoms with Gasteiger partial charge in [-0.05, 0) is 123 Å². The quantitative estimate of drug-likeness (QED) is 0.170. The Bertz CT molecular complexity index is 2340. The lowest BCUT2D eigenvalue weighted by molar-refractivity contribution is -0.145. The molecular weight excluding hydrogens is 963 g/mol. The van der Waals surface area contributed by atoms with Crippen molar-refractivity contribution in [3.8, 4) is 0 Å². The van der Waals surface area contributed by atoms with Crippen LogP contribution in [0.1, 0.15) is 109 Å². The summed E-state index contributed by atoms with van der Waals surface area (Å²) >= 11 is 0. The van der Waals surface area contributed by atoms with Crippen LogP contribution in [0.2, 0.25) is 0 Å². The number of nitrogens with zero attached hydrogens (tertiary/aromatic N) is 2. The van der Waals surface area contributed by atoms with Crippen LogP contribution in [0, 0.1) is 11.6 Å². The van der Waals surface area contributed by atoms with Gasteiger partial charge in [0, 0.05) is 37.0 Å². The second kappa shape index (κ2) is 18.4. The van der Waals surface area contributed by atoms with Gasteiger partial charge in [0.25, 0.3) is 0 Å². The zero-order valence-corrected chi connectivity index (χ0v) is 37.5. The summed E-state index contributed by atoms with van der Waals surface area (Å²) in [6.07, 6.45) is -23.2. The molecule has 4 N–H and O–H groups in total. The van der Waals surface area contributed by atoms with Gasteiger partial charge in [-0.3, -0.25) is 9.59 Å². The van der Waals surface area contributed by atoms with Gasteiger partial charge in [0.1, 0.15) is 11.6 Å². The van der Waals surface area contributed by atoms with Gasteiger partial charge >= 0.3 is 24.7 Å². The molecule has 0 radical (unpaired) electrons. The largest absolute Gasteiger partial charge is 0.416 e. The minimum atomic E-state index is -4.99. The smallest absolute Gasteiger partial charge is 0.368 e. The van der Waals surface area contributed by atoms with E-state index < -0.39 is 118 Å². The van der Waals surface area contributed by atoms with Crippen molar-refractivity contribution < 1.29 is 80.5 Å². The van der Waals surface area contributed by atoms with E-state index in [-0.39, 0.29) is 61.0 Å². The first-order chi connectivity index (χ1) is 32.2. The van der Waals surface area contributed by atoms with Crippen LogP contribution in [-0.4, -0.2) is 70.1 Å². The molecular formula is C48H46F14N4O4. The van der Waals surface area contributed by atoms with Crippen molar-refractivity contribution in [3.63, 3.8) is 0 Å². The lowest BCUT2D eigenvalue weighted by atomic mass is 9.85. The first-order valence-electron chi connectivity index (χ1n) is 21.8. The summed E-state index contributed by atoms with van der Waals surface area (Å²) in [4.78, 5) is 28.6. The lowest BCUT2D eigenvalue weighted by Crippen LogP contribution is -2.46. The summed E-state index contributed by atoms with van der Waals surface area (Å²) in [5, 5.41) is 0. The molecule has 0 spiro atoms. The van der Waals surface area contributed by atoms with E-state index in [0.717, 1.165) is 0 Å². The van der Waals surface area contributed by atoms with E-state index in [0.29, 0.717) is 35.4 Å². The third kappa shape index (κ3) is 10.8. The zero-order valence-electron chi connectivity index (χ0n) is 37.5. The second-order valence-electron chi connectivity index (χ2n) is 18.8. The summed E-state index contributed by atoms with van der Waals surface area (Å²) in [7, 11) is 0. The second-order valence-corrected chi connectivity index (χ2v) is 18.8. The van der Waals surface area contributed by atoms with Gasteiger partial charge in [-0.25, -0.2) is 8.78 Å². The molecule has 0 aromatic heterocycles. The predicted octanol–water partition coefficient (Wildman–Crippen LogP) is 10.9. The fourth-order valence-corrected chi connectivity index (χ4v) is 10.0. The molecule has 4 saturated heterocycles. The highest BCUT2D eigenvalue weighted by Crippen LogP contribution is 2.48. The molecule has 70 heavy (non-hydrogen) atoms. The van der Waals surface area contributed by atoms with Gasteiger partial charge in [-0.1, -0.05) is 24.3 Å². The van der Waals surface area contributed by atoms with Crippen LogP contribution in [0.4, 0.5) is 61.5 Å². The topological polar surface area (TPSA) is 111 Å². The van der Waals surface area contributed by atoms with E-state index in [4.69, 9.17) is 20.9 Å². The number of benzene rings is 4. The molecule has 2 amide bonds. The maximum absolute atomic E-state index is 13.5. The lowest BCUT2D eigenvalue weighted by Gasteiger charge is -2.28.